The Labute approximate surface area is 112 Å². The van der Waals surface area contributed by atoms with E-state index in [1.165, 1.54) is 24.4 Å². The van der Waals surface area contributed by atoms with Gasteiger partial charge in [-0.25, -0.2) is 14.9 Å². The first-order valence-electron chi connectivity index (χ1n) is 5.58. The summed E-state index contributed by atoms with van der Waals surface area (Å²) in [6.07, 6.45) is 1.37. The van der Waals surface area contributed by atoms with Crippen LogP contribution < -0.4 is 10.9 Å². The van der Waals surface area contributed by atoms with Crippen molar-refractivity contribution in [3.8, 4) is 0 Å². The van der Waals surface area contributed by atoms with E-state index in [1.807, 2.05) is 0 Å². The summed E-state index contributed by atoms with van der Waals surface area (Å²) in [7, 11) is 0. The molecule has 2 rings (SSSR count). The lowest BCUT2D eigenvalue weighted by Crippen LogP contribution is -2.25. The number of hydrogen-bond donors (Lipinski definition) is 3. The summed E-state index contributed by atoms with van der Waals surface area (Å²) in [5, 5.41) is 17.0. The van der Waals surface area contributed by atoms with Crippen LogP contribution in [-0.2, 0) is 6.54 Å². The fourth-order valence-corrected chi connectivity index (χ4v) is 1.40. The summed E-state index contributed by atoms with van der Waals surface area (Å²) in [6.45, 7) is 0.173. The molecular formula is C12H10N4O4. The Kier molecular flexibility index (Phi) is 3.85. The molecule has 0 bridgehead atoms. The maximum atomic E-state index is 11.7. The van der Waals surface area contributed by atoms with Gasteiger partial charge < -0.3 is 10.4 Å². The number of nitrogens with zero attached hydrogens (tertiary/aromatic N) is 2. The lowest BCUT2D eigenvalue weighted by molar-refractivity contribution is 0.0690. The molecule has 2 heterocycles. The predicted octanol–water partition coefficient (Wildman–Crippen LogP) is -0.207. The van der Waals surface area contributed by atoms with Crippen molar-refractivity contribution in [2.24, 2.45) is 0 Å². The number of hydrogen-bond acceptors (Lipinski definition) is 5. The van der Waals surface area contributed by atoms with E-state index in [2.05, 4.69) is 20.5 Å². The molecule has 3 N–H and O–H groups in total. The van der Waals surface area contributed by atoms with Crippen molar-refractivity contribution in [2.45, 2.75) is 6.54 Å². The van der Waals surface area contributed by atoms with Crippen LogP contribution in [0, 0.1) is 0 Å². The third-order valence-corrected chi connectivity index (χ3v) is 2.41. The van der Waals surface area contributed by atoms with Gasteiger partial charge in [0.25, 0.3) is 11.5 Å². The molecule has 0 aliphatic rings. The third kappa shape index (κ3) is 3.25. The minimum atomic E-state index is -1.11. The third-order valence-electron chi connectivity index (χ3n) is 2.41. The van der Waals surface area contributed by atoms with Gasteiger partial charge in [0.1, 0.15) is 11.4 Å². The number of rotatable bonds is 4. The minimum absolute atomic E-state index is 0.0672. The normalized spacial score (nSPS) is 10.0. The molecule has 0 unspecified atom stereocenters. The maximum Gasteiger partial charge on any atom is 0.354 e. The van der Waals surface area contributed by atoms with Crippen molar-refractivity contribution in [1.29, 1.82) is 0 Å². The van der Waals surface area contributed by atoms with Crippen molar-refractivity contribution in [3.05, 3.63) is 57.8 Å². The SMILES string of the molecule is O=C(O)c1ccc(CNC(=O)c2ccc(=O)[nH]n2)cn1. The number of carbonyl (C=O) groups excluding carboxylic acids is 1. The molecule has 0 saturated carbocycles. The van der Waals surface area contributed by atoms with E-state index in [1.54, 1.807) is 6.07 Å². The zero-order chi connectivity index (χ0) is 14.5. The van der Waals surface area contributed by atoms with Gasteiger partial charge in [-0.15, -0.1) is 0 Å². The van der Waals surface area contributed by atoms with Crippen molar-refractivity contribution in [2.75, 3.05) is 0 Å². The molecule has 0 aliphatic carbocycles. The molecule has 2 aromatic heterocycles. The van der Waals surface area contributed by atoms with E-state index < -0.39 is 17.4 Å². The predicted molar refractivity (Wildman–Crippen MR) is 67.2 cm³/mol. The van der Waals surface area contributed by atoms with Gasteiger partial charge in [-0.05, 0) is 17.7 Å². The molecule has 102 valence electrons. The first-order chi connectivity index (χ1) is 9.56. The second-order valence-electron chi connectivity index (χ2n) is 3.85. The number of nitrogens with one attached hydrogen (secondary N) is 2. The number of carbonyl (C=O) groups is 2. The number of aromatic amines is 1. The topological polar surface area (TPSA) is 125 Å². The van der Waals surface area contributed by atoms with Crippen LogP contribution in [0.15, 0.2) is 35.3 Å². The first kappa shape index (κ1) is 13.4. The average molecular weight is 274 g/mol. The van der Waals surface area contributed by atoms with Crippen molar-refractivity contribution in [3.63, 3.8) is 0 Å². The van der Waals surface area contributed by atoms with Gasteiger partial charge in [-0.3, -0.25) is 9.59 Å². The van der Waals surface area contributed by atoms with Crippen LogP contribution in [0.1, 0.15) is 26.5 Å². The molecule has 0 saturated heterocycles. The van der Waals surface area contributed by atoms with E-state index in [4.69, 9.17) is 5.11 Å². The fraction of sp³-hybridized carbons (Fsp3) is 0.0833. The molecule has 0 aromatic carbocycles. The van der Waals surface area contributed by atoms with Gasteiger partial charge in [0.15, 0.2) is 0 Å². The van der Waals surface area contributed by atoms with E-state index in [0.29, 0.717) is 5.56 Å². The highest BCUT2D eigenvalue weighted by molar-refractivity contribution is 5.91. The molecule has 8 nitrogen and oxygen atoms in total. The summed E-state index contributed by atoms with van der Waals surface area (Å²) >= 11 is 0. The van der Waals surface area contributed by atoms with Crippen LogP contribution in [0.3, 0.4) is 0 Å². The Morgan fingerprint density at radius 1 is 1.20 bits per heavy atom. The summed E-state index contributed by atoms with van der Waals surface area (Å²) in [5.41, 5.74) is 0.268. The molecule has 0 atom stereocenters. The van der Waals surface area contributed by atoms with Gasteiger partial charge in [-0.1, -0.05) is 6.07 Å². The minimum Gasteiger partial charge on any atom is -0.477 e. The zero-order valence-electron chi connectivity index (χ0n) is 10.2. The van der Waals surface area contributed by atoms with Crippen LogP contribution in [0.2, 0.25) is 0 Å². The smallest absolute Gasteiger partial charge is 0.354 e. The summed E-state index contributed by atoms with van der Waals surface area (Å²) < 4.78 is 0. The second kappa shape index (κ2) is 5.74. The van der Waals surface area contributed by atoms with Crippen LogP contribution in [-0.4, -0.2) is 32.2 Å². The number of pyridine rings is 1. The van der Waals surface area contributed by atoms with Crippen LogP contribution in [0.4, 0.5) is 0 Å². The monoisotopic (exact) mass is 274 g/mol. The van der Waals surface area contributed by atoms with Crippen LogP contribution in [0.25, 0.3) is 0 Å². The highest BCUT2D eigenvalue weighted by atomic mass is 16.4. The number of aromatic carboxylic acids is 1. The molecule has 0 radical (unpaired) electrons. The summed E-state index contributed by atoms with van der Waals surface area (Å²) in [4.78, 5) is 36.8. The zero-order valence-corrected chi connectivity index (χ0v) is 10.2. The van der Waals surface area contributed by atoms with E-state index in [0.717, 1.165) is 0 Å². The Morgan fingerprint density at radius 2 is 1.95 bits per heavy atom. The lowest BCUT2D eigenvalue weighted by atomic mass is 10.2. The second-order valence-corrected chi connectivity index (χ2v) is 3.85. The Hall–Kier alpha value is -3.03. The Bertz CT molecular complexity index is 673. The van der Waals surface area contributed by atoms with Crippen LogP contribution in [0.5, 0.6) is 0 Å². The number of H-pyrrole nitrogens is 1. The lowest BCUT2D eigenvalue weighted by Gasteiger charge is -2.04. The molecule has 0 fully saturated rings. The van der Waals surface area contributed by atoms with Crippen molar-refractivity contribution in [1.82, 2.24) is 20.5 Å². The van der Waals surface area contributed by atoms with Gasteiger partial charge in [-0.2, -0.15) is 5.10 Å². The molecule has 20 heavy (non-hydrogen) atoms. The molecular weight excluding hydrogens is 264 g/mol. The van der Waals surface area contributed by atoms with E-state index in [-0.39, 0.29) is 17.9 Å². The molecule has 1 amide bonds. The van der Waals surface area contributed by atoms with Crippen molar-refractivity contribution >= 4 is 11.9 Å². The largest absolute Gasteiger partial charge is 0.477 e. The number of carboxylic acid groups (broad SMARTS) is 1. The summed E-state index contributed by atoms with van der Waals surface area (Å²) in [6, 6.07) is 5.41. The molecule has 2 aromatic rings. The van der Waals surface area contributed by atoms with Gasteiger partial charge in [0.05, 0.1) is 0 Å². The first-order valence-corrected chi connectivity index (χ1v) is 5.58. The maximum absolute atomic E-state index is 11.7. The van der Waals surface area contributed by atoms with Crippen LogP contribution >= 0.6 is 0 Å². The average Bonchev–Trinajstić information content (AvgIpc) is 2.46. The molecule has 0 aliphatic heterocycles. The molecule has 0 spiro atoms. The van der Waals surface area contributed by atoms with Gasteiger partial charge in [0.2, 0.25) is 0 Å². The summed E-state index contributed by atoms with van der Waals surface area (Å²) in [5.74, 6) is -1.57. The quantitative estimate of drug-likeness (QED) is 0.708. The van der Waals surface area contributed by atoms with E-state index in [9.17, 15) is 14.4 Å². The number of carboxylic acids is 1. The van der Waals surface area contributed by atoms with Gasteiger partial charge >= 0.3 is 5.97 Å². The number of aromatic nitrogens is 3. The number of amides is 1. The van der Waals surface area contributed by atoms with Crippen molar-refractivity contribution < 1.29 is 14.7 Å². The standard InChI is InChI=1S/C12H10N4O4/c17-10-4-3-8(15-16-10)11(18)14-6-7-1-2-9(12(19)20)13-5-7/h1-5H,6H2,(H,14,18)(H,16,17)(H,19,20). The molecule has 8 heteroatoms. The highest BCUT2D eigenvalue weighted by Gasteiger charge is 2.08. The Morgan fingerprint density at radius 3 is 2.50 bits per heavy atom. The van der Waals surface area contributed by atoms with E-state index >= 15 is 0 Å². The Balaban J connectivity index is 1.98. The van der Waals surface area contributed by atoms with Gasteiger partial charge in [0, 0.05) is 18.8 Å². The fourth-order valence-electron chi connectivity index (χ4n) is 1.40. The highest BCUT2D eigenvalue weighted by Crippen LogP contribution is 2.00.